The van der Waals surface area contributed by atoms with Crippen LogP contribution in [0, 0.1) is 0 Å². The van der Waals surface area contributed by atoms with Crippen LogP contribution in [0.15, 0.2) is 42.6 Å². The van der Waals surface area contributed by atoms with Crippen LogP contribution in [-0.4, -0.2) is 90.5 Å². The summed E-state index contributed by atoms with van der Waals surface area (Å²) in [4.78, 5) is 27.2. The first kappa shape index (κ1) is 24.2. The van der Waals surface area contributed by atoms with E-state index in [0.717, 1.165) is 35.5 Å². The minimum atomic E-state index is -0.231. The highest BCUT2D eigenvalue weighted by Crippen LogP contribution is 2.33. The molecule has 0 radical (unpaired) electrons. The Kier molecular flexibility index (Phi) is 6.78. The Hall–Kier alpha value is -3.10. The number of aromatic amines is 1. The molecule has 0 saturated carbocycles. The van der Waals surface area contributed by atoms with Crippen LogP contribution in [0.4, 0.5) is 10.5 Å². The van der Waals surface area contributed by atoms with Crippen LogP contribution in [0.3, 0.4) is 0 Å². The molecule has 196 valence electrons. The van der Waals surface area contributed by atoms with Crippen molar-refractivity contribution in [2.75, 3.05) is 57.4 Å². The molecular formula is C29H37N5O3. The van der Waals surface area contributed by atoms with E-state index in [2.05, 4.69) is 70.0 Å². The van der Waals surface area contributed by atoms with Gasteiger partial charge in [0, 0.05) is 55.2 Å². The zero-order chi connectivity index (χ0) is 25.4. The summed E-state index contributed by atoms with van der Waals surface area (Å²) in [5.74, 6) is 0.651. The molecule has 8 nitrogen and oxygen atoms in total. The molecule has 8 heteroatoms. The molecule has 0 aliphatic carbocycles. The number of ether oxygens (including phenoxy) is 2. The molecule has 1 amide bonds. The van der Waals surface area contributed by atoms with Crippen LogP contribution in [0.2, 0.25) is 0 Å². The highest BCUT2D eigenvalue weighted by Gasteiger charge is 2.29. The number of benzene rings is 1. The average molecular weight is 504 g/mol. The third kappa shape index (κ3) is 5.05. The number of nitrogens with zero attached hydrogens (tertiary/aromatic N) is 4. The van der Waals surface area contributed by atoms with E-state index in [-0.39, 0.29) is 12.2 Å². The van der Waals surface area contributed by atoms with E-state index in [1.165, 1.54) is 37.1 Å². The summed E-state index contributed by atoms with van der Waals surface area (Å²) in [6, 6.07) is 14.0. The van der Waals surface area contributed by atoms with E-state index >= 15 is 0 Å². The topological polar surface area (TPSA) is 73.9 Å². The molecule has 3 aliphatic heterocycles. The molecule has 3 saturated heterocycles. The van der Waals surface area contributed by atoms with Crippen LogP contribution >= 0.6 is 0 Å². The smallest absolute Gasteiger partial charge is 0.410 e. The van der Waals surface area contributed by atoms with E-state index in [0.29, 0.717) is 38.3 Å². The fraction of sp³-hybridized carbons (Fsp3) is 0.517. The van der Waals surface area contributed by atoms with Crippen molar-refractivity contribution in [3.8, 4) is 11.3 Å². The van der Waals surface area contributed by atoms with Gasteiger partial charge in [0.25, 0.3) is 0 Å². The van der Waals surface area contributed by atoms with Crippen LogP contribution < -0.4 is 4.90 Å². The molecule has 0 bridgehead atoms. The summed E-state index contributed by atoms with van der Waals surface area (Å²) in [6.07, 6.45) is 4.01. The minimum Gasteiger partial charge on any atom is -0.441 e. The summed E-state index contributed by atoms with van der Waals surface area (Å²) >= 11 is 0. The molecule has 5 heterocycles. The van der Waals surface area contributed by atoms with Crippen molar-refractivity contribution < 1.29 is 14.3 Å². The maximum Gasteiger partial charge on any atom is 0.410 e. The zero-order valence-corrected chi connectivity index (χ0v) is 21.9. The maximum absolute atomic E-state index is 12.4. The fourth-order valence-corrected chi connectivity index (χ4v) is 5.76. The van der Waals surface area contributed by atoms with Gasteiger partial charge in [0.05, 0.1) is 13.2 Å². The van der Waals surface area contributed by atoms with Gasteiger partial charge in [0.1, 0.15) is 5.65 Å². The highest BCUT2D eigenvalue weighted by atomic mass is 16.6. The van der Waals surface area contributed by atoms with Crippen molar-refractivity contribution in [3.05, 3.63) is 48.2 Å². The molecule has 2 aromatic heterocycles. The number of piperazine rings is 1. The number of amides is 1. The van der Waals surface area contributed by atoms with E-state index in [1.54, 1.807) is 4.90 Å². The fourth-order valence-electron chi connectivity index (χ4n) is 5.76. The van der Waals surface area contributed by atoms with E-state index < -0.39 is 0 Å². The Morgan fingerprint density at radius 3 is 2.41 bits per heavy atom. The summed E-state index contributed by atoms with van der Waals surface area (Å²) in [7, 11) is 0. The number of piperidine rings is 1. The quantitative estimate of drug-likeness (QED) is 0.554. The lowest BCUT2D eigenvalue weighted by molar-refractivity contribution is -0.104. The molecule has 37 heavy (non-hydrogen) atoms. The van der Waals surface area contributed by atoms with Gasteiger partial charge >= 0.3 is 6.09 Å². The number of carbonyl (C=O) groups is 1. The number of pyridine rings is 1. The number of aromatic nitrogens is 2. The Morgan fingerprint density at radius 1 is 1.03 bits per heavy atom. The standard InChI is InChI=1S/C29H37N5O3/c1-20(2)32-11-8-22(9-12-32)21-3-5-23(6-4-21)26-17-25-27(7-10-30-28(25)31-26)33-13-15-34(16-14-33)29(35)37-24-18-36-19-24/h3-7,10,17,20,22,24H,8-9,11-16,18-19H2,1-2H3,(H,30,31). The number of hydrogen-bond donors (Lipinski definition) is 1. The van der Waals surface area contributed by atoms with E-state index in [1.807, 2.05) is 6.20 Å². The first-order valence-corrected chi connectivity index (χ1v) is 13.7. The zero-order valence-electron chi connectivity index (χ0n) is 21.9. The highest BCUT2D eigenvalue weighted by molar-refractivity contribution is 5.94. The maximum atomic E-state index is 12.4. The number of H-pyrrole nitrogens is 1. The van der Waals surface area contributed by atoms with Crippen molar-refractivity contribution in [3.63, 3.8) is 0 Å². The van der Waals surface area contributed by atoms with Crippen molar-refractivity contribution >= 4 is 22.8 Å². The van der Waals surface area contributed by atoms with Gasteiger partial charge in [-0.3, -0.25) is 0 Å². The van der Waals surface area contributed by atoms with Crippen LogP contribution in [0.25, 0.3) is 22.3 Å². The van der Waals surface area contributed by atoms with Gasteiger partial charge in [-0.1, -0.05) is 24.3 Å². The lowest BCUT2D eigenvalue weighted by Crippen LogP contribution is -2.51. The van der Waals surface area contributed by atoms with Crippen molar-refractivity contribution in [2.24, 2.45) is 0 Å². The minimum absolute atomic E-state index is 0.0874. The Morgan fingerprint density at radius 2 is 1.76 bits per heavy atom. The molecule has 0 atom stereocenters. The molecule has 0 spiro atoms. The molecule has 3 aliphatic rings. The predicted molar refractivity (Wildman–Crippen MR) is 145 cm³/mol. The van der Waals surface area contributed by atoms with Gasteiger partial charge in [0.15, 0.2) is 6.10 Å². The van der Waals surface area contributed by atoms with Gasteiger partial charge in [-0.2, -0.15) is 0 Å². The second-order valence-corrected chi connectivity index (χ2v) is 10.8. The number of hydrogen-bond acceptors (Lipinski definition) is 6. The second kappa shape index (κ2) is 10.3. The number of carbonyl (C=O) groups excluding carboxylic acids is 1. The molecule has 3 fully saturated rings. The third-order valence-corrected chi connectivity index (χ3v) is 8.22. The van der Waals surface area contributed by atoms with Crippen molar-refractivity contribution in [2.45, 2.75) is 44.8 Å². The summed E-state index contributed by atoms with van der Waals surface area (Å²) < 4.78 is 10.6. The van der Waals surface area contributed by atoms with Gasteiger partial charge in [-0.25, -0.2) is 9.78 Å². The summed E-state index contributed by atoms with van der Waals surface area (Å²) in [6.45, 7) is 10.8. The monoisotopic (exact) mass is 503 g/mol. The third-order valence-electron chi connectivity index (χ3n) is 8.22. The van der Waals surface area contributed by atoms with Crippen molar-refractivity contribution in [1.29, 1.82) is 0 Å². The summed E-state index contributed by atoms with van der Waals surface area (Å²) in [5.41, 5.74) is 5.76. The lowest BCUT2D eigenvalue weighted by atomic mass is 9.88. The average Bonchev–Trinajstić information content (AvgIpc) is 3.35. The normalized spacial score (nSPS) is 20.0. The number of anilines is 1. The van der Waals surface area contributed by atoms with E-state index in [4.69, 9.17) is 9.47 Å². The number of likely N-dealkylation sites (tertiary alicyclic amines) is 1. The van der Waals surface area contributed by atoms with Crippen LogP contribution in [-0.2, 0) is 9.47 Å². The lowest BCUT2D eigenvalue weighted by Gasteiger charge is -2.37. The molecule has 1 aromatic carbocycles. The van der Waals surface area contributed by atoms with E-state index in [9.17, 15) is 4.79 Å². The molecule has 0 unspecified atom stereocenters. The van der Waals surface area contributed by atoms with Crippen LogP contribution in [0.5, 0.6) is 0 Å². The van der Waals surface area contributed by atoms with Gasteiger partial charge in [-0.15, -0.1) is 0 Å². The summed E-state index contributed by atoms with van der Waals surface area (Å²) in [5, 5.41) is 1.12. The molecule has 1 N–H and O–H groups in total. The number of rotatable bonds is 5. The number of nitrogens with one attached hydrogen (secondary N) is 1. The molecule has 6 rings (SSSR count). The molecule has 3 aromatic rings. The predicted octanol–water partition coefficient (Wildman–Crippen LogP) is 4.48. The van der Waals surface area contributed by atoms with Crippen LogP contribution in [0.1, 0.15) is 38.2 Å². The van der Waals surface area contributed by atoms with Gasteiger partial charge in [-0.05, 0) is 69.0 Å². The SMILES string of the molecule is CC(C)N1CCC(c2ccc(-c3cc4c(N5CCN(C(=O)OC6COC6)CC5)ccnc4[nH]3)cc2)CC1. The largest absolute Gasteiger partial charge is 0.441 e. The Balaban J connectivity index is 1.13. The Bertz CT molecular complexity index is 1220. The second-order valence-electron chi connectivity index (χ2n) is 10.8. The first-order chi connectivity index (χ1) is 18.0. The first-order valence-electron chi connectivity index (χ1n) is 13.7. The molecular weight excluding hydrogens is 466 g/mol. The van der Waals surface area contributed by atoms with Crippen molar-refractivity contribution in [1.82, 2.24) is 19.8 Å². The Labute approximate surface area is 218 Å². The number of fused-ring (bicyclic) bond motifs is 1. The van der Waals surface area contributed by atoms with Gasteiger partial charge in [0.2, 0.25) is 0 Å². The van der Waals surface area contributed by atoms with Gasteiger partial charge < -0.3 is 29.2 Å².